The predicted molar refractivity (Wildman–Crippen MR) is 157 cm³/mol. The number of nitrogens with one attached hydrogen (secondary N) is 2. The number of nitrogens with zero attached hydrogens (tertiary/aromatic N) is 1. The SMILES string of the molecule is C=CCN(C(=O)C(CCC(N)=O)NC(=O)OC(C)(C)C)C(C(=O)Nc1c(C)cccc1Cl)c1cccc(C)c1C. The normalized spacial score (nSPS) is 12.6. The van der Waals surface area contributed by atoms with Gasteiger partial charge in [-0.15, -0.1) is 6.58 Å². The first-order valence-electron chi connectivity index (χ1n) is 13.0. The summed E-state index contributed by atoms with van der Waals surface area (Å²) in [4.78, 5) is 53.7. The standard InChI is InChI=1S/C30H39ClN4O5/c1-8-17-35(28(38)23(15-16-24(32)36)33-29(39)40-30(5,6)7)26(21-13-9-11-18(2)20(21)4)27(37)34-25-19(3)12-10-14-22(25)31/h8-14,23,26H,1,15-17H2,2-7H3,(H2,32,36)(H,33,39)(H,34,37). The Kier molecular flexibility index (Phi) is 11.3. The van der Waals surface area contributed by atoms with E-state index in [0.29, 0.717) is 16.3 Å². The van der Waals surface area contributed by atoms with Crippen molar-refractivity contribution >= 4 is 41.1 Å². The molecule has 2 atom stereocenters. The van der Waals surface area contributed by atoms with E-state index in [-0.39, 0.29) is 19.4 Å². The van der Waals surface area contributed by atoms with Gasteiger partial charge in [-0.2, -0.15) is 0 Å². The number of aryl methyl sites for hydroxylation is 2. The molecule has 216 valence electrons. The molecule has 2 rings (SSSR count). The molecule has 2 unspecified atom stereocenters. The molecule has 10 heteroatoms. The average Bonchev–Trinajstić information content (AvgIpc) is 2.84. The van der Waals surface area contributed by atoms with Crippen LogP contribution >= 0.6 is 11.6 Å². The quantitative estimate of drug-likeness (QED) is 0.323. The van der Waals surface area contributed by atoms with E-state index in [4.69, 9.17) is 22.1 Å². The van der Waals surface area contributed by atoms with Gasteiger partial charge in [0.15, 0.2) is 0 Å². The van der Waals surface area contributed by atoms with Crippen LogP contribution in [0.5, 0.6) is 0 Å². The first-order valence-corrected chi connectivity index (χ1v) is 13.3. The minimum absolute atomic E-state index is 0.0329. The smallest absolute Gasteiger partial charge is 0.408 e. The van der Waals surface area contributed by atoms with Crippen LogP contribution in [0, 0.1) is 20.8 Å². The first kappa shape index (κ1) is 32.4. The second-order valence-electron chi connectivity index (χ2n) is 10.6. The van der Waals surface area contributed by atoms with Gasteiger partial charge in [-0.25, -0.2) is 4.79 Å². The van der Waals surface area contributed by atoms with Crippen molar-refractivity contribution in [2.75, 3.05) is 11.9 Å². The fourth-order valence-electron chi connectivity index (χ4n) is 4.16. The Morgan fingerprint density at radius 3 is 2.27 bits per heavy atom. The number of hydrogen-bond donors (Lipinski definition) is 3. The number of para-hydroxylation sites is 1. The van der Waals surface area contributed by atoms with Crippen LogP contribution < -0.4 is 16.4 Å². The lowest BCUT2D eigenvalue weighted by Crippen LogP contribution is -2.52. The number of carbonyl (C=O) groups excluding carboxylic acids is 4. The maximum atomic E-state index is 14.1. The van der Waals surface area contributed by atoms with Crippen molar-refractivity contribution in [3.8, 4) is 0 Å². The number of nitrogens with two attached hydrogens (primary N) is 1. The summed E-state index contributed by atoms with van der Waals surface area (Å²) in [5.74, 6) is -1.76. The highest BCUT2D eigenvalue weighted by atomic mass is 35.5. The van der Waals surface area contributed by atoms with Crippen LogP contribution in [0.2, 0.25) is 5.02 Å². The molecule has 0 saturated heterocycles. The van der Waals surface area contributed by atoms with Crippen molar-refractivity contribution in [1.29, 1.82) is 0 Å². The van der Waals surface area contributed by atoms with Crippen LogP contribution in [0.3, 0.4) is 0 Å². The third-order valence-corrected chi connectivity index (χ3v) is 6.56. The molecular formula is C30H39ClN4O5. The highest BCUT2D eigenvalue weighted by molar-refractivity contribution is 6.34. The molecule has 9 nitrogen and oxygen atoms in total. The van der Waals surface area contributed by atoms with Gasteiger partial charge in [-0.05, 0) is 76.3 Å². The molecule has 0 aromatic heterocycles. The van der Waals surface area contributed by atoms with Crippen molar-refractivity contribution in [3.05, 3.63) is 76.3 Å². The minimum Gasteiger partial charge on any atom is -0.444 e. The zero-order valence-electron chi connectivity index (χ0n) is 24.0. The third-order valence-electron chi connectivity index (χ3n) is 6.25. The topological polar surface area (TPSA) is 131 Å². The van der Waals surface area contributed by atoms with Gasteiger partial charge in [0.25, 0.3) is 5.91 Å². The van der Waals surface area contributed by atoms with Crippen LogP contribution in [-0.4, -0.2) is 46.9 Å². The minimum atomic E-state index is -1.20. The molecule has 2 aromatic rings. The molecule has 4 N–H and O–H groups in total. The number of amides is 4. The largest absolute Gasteiger partial charge is 0.444 e. The third kappa shape index (κ3) is 8.84. The van der Waals surface area contributed by atoms with Gasteiger partial charge < -0.3 is 26.0 Å². The Morgan fingerprint density at radius 1 is 1.07 bits per heavy atom. The van der Waals surface area contributed by atoms with Crippen molar-refractivity contribution in [2.24, 2.45) is 5.73 Å². The number of benzene rings is 2. The van der Waals surface area contributed by atoms with Gasteiger partial charge in [-0.1, -0.05) is 48.0 Å². The summed E-state index contributed by atoms with van der Waals surface area (Å²) >= 11 is 6.40. The van der Waals surface area contributed by atoms with Crippen LogP contribution in [0.1, 0.15) is 61.9 Å². The van der Waals surface area contributed by atoms with Crippen molar-refractivity contribution in [1.82, 2.24) is 10.2 Å². The molecule has 0 fully saturated rings. The highest BCUT2D eigenvalue weighted by Crippen LogP contribution is 2.31. The predicted octanol–water partition coefficient (Wildman–Crippen LogP) is 5.12. The summed E-state index contributed by atoms with van der Waals surface area (Å²) in [6, 6.07) is 8.40. The average molecular weight is 571 g/mol. The summed E-state index contributed by atoms with van der Waals surface area (Å²) in [6.07, 6.45) is 0.384. The number of alkyl carbamates (subject to hydrolysis) is 1. The first-order chi connectivity index (χ1) is 18.7. The Bertz CT molecular complexity index is 1250. The van der Waals surface area contributed by atoms with Gasteiger partial charge >= 0.3 is 6.09 Å². The van der Waals surface area contributed by atoms with Crippen LogP contribution in [-0.2, 0) is 19.1 Å². The van der Waals surface area contributed by atoms with E-state index in [1.54, 1.807) is 45.0 Å². The van der Waals surface area contributed by atoms with Crippen LogP contribution in [0.15, 0.2) is 49.1 Å². The highest BCUT2D eigenvalue weighted by Gasteiger charge is 2.37. The van der Waals surface area contributed by atoms with Gasteiger partial charge in [-0.3, -0.25) is 14.4 Å². The molecule has 0 aliphatic rings. The molecule has 40 heavy (non-hydrogen) atoms. The molecule has 0 saturated carbocycles. The Labute approximate surface area is 241 Å². The Balaban J connectivity index is 2.61. The molecule has 2 aromatic carbocycles. The molecule has 0 heterocycles. The summed E-state index contributed by atoms with van der Waals surface area (Å²) in [5, 5.41) is 5.80. The number of halogens is 1. The zero-order valence-corrected chi connectivity index (χ0v) is 24.7. The molecule has 0 aliphatic carbocycles. The number of rotatable bonds is 11. The maximum Gasteiger partial charge on any atom is 0.408 e. The number of hydrogen-bond acceptors (Lipinski definition) is 5. The summed E-state index contributed by atoms with van der Waals surface area (Å²) in [6.45, 7) is 14.4. The van der Waals surface area contributed by atoms with Crippen molar-refractivity contribution in [2.45, 2.75) is 72.1 Å². The molecule has 0 bridgehead atoms. The van der Waals surface area contributed by atoms with E-state index >= 15 is 0 Å². The lowest BCUT2D eigenvalue weighted by atomic mass is 9.94. The number of anilines is 1. The number of primary amides is 1. The van der Waals surface area contributed by atoms with E-state index in [2.05, 4.69) is 17.2 Å². The summed E-state index contributed by atoms with van der Waals surface area (Å²) in [5.41, 5.74) is 8.03. The van der Waals surface area contributed by atoms with Crippen LogP contribution in [0.25, 0.3) is 0 Å². The van der Waals surface area contributed by atoms with Gasteiger partial charge in [0, 0.05) is 13.0 Å². The fraction of sp³-hybridized carbons (Fsp3) is 0.400. The maximum absolute atomic E-state index is 14.1. The van der Waals surface area contributed by atoms with E-state index in [1.807, 2.05) is 32.9 Å². The second-order valence-corrected chi connectivity index (χ2v) is 11.0. The van der Waals surface area contributed by atoms with E-state index in [1.165, 1.54) is 11.0 Å². The van der Waals surface area contributed by atoms with Crippen molar-refractivity contribution < 1.29 is 23.9 Å². The van der Waals surface area contributed by atoms with Crippen LogP contribution in [0.4, 0.5) is 10.5 Å². The lowest BCUT2D eigenvalue weighted by Gasteiger charge is -2.34. The summed E-state index contributed by atoms with van der Waals surface area (Å²) in [7, 11) is 0. The van der Waals surface area contributed by atoms with E-state index in [9.17, 15) is 19.2 Å². The van der Waals surface area contributed by atoms with E-state index < -0.39 is 41.5 Å². The monoisotopic (exact) mass is 570 g/mol. The molecule has 0 spiro atoms. The molecular weight excluding hydrogens is 532 g/mol. The molecule has 0 aliphatic heterocycles. The van der Waals surface area contributed by atoms with Gasteiger partial charge in [0.05, 0.1) is 10.7 Å². The van der Waals surface area contributed by atoms with Gasteiger partial charge in [0.1, 0.15) is 17.7 Å². The summed E-state index contributed by atoms with van der Waals surface area (Å²) < 4.78 is 5.35. The molecule has 4 amide bonds. The number of carbonyl (C=O) groups is 4. The lowest BCUT2D eigenvalue weighted by molar-refractivity contribution is -0.140. The Hall–Kier alpha value is -3.85. The molecule has 0 radical (unpaired) electrons. The second kappa shape index (κ2) is 14.0. The fourth-order valence-corrected chi connectivity index (χ4v) is 4.43. The van der Waals surface area contributed by atoms with E-state index in [0.717, 1.165) is 16.7 Å². The number of ether oxygens (including phenoxy) is 1. The zero-order chi connectivity index (χ0) is 30.2. The van der Waals surface area contributed by atoms with Crippen molar-refractivity contribution in [3.63, 3.8) is 0 Å². The Morgan fingerprint density at radius 2 is 1.70 bits per heavy atom. The van der Waals surface area contributed by atoms with Gasteiger partial charge in [0.2, 0.25) is 11.8 Å².